The number of hydrogen-bond acceptors (Lipinski definition) is 5. The van der Waals surface area contributed by atoms with Gasteiger partial charge >= 0.3 is 0 Å². The van der Waals surface area contributed by atoms with Crippen molar-refractivity contribution in [1.29, 1.82) is 0 Å². The number of fused-ring (bicyclic) bond motifs is 3. The molecule has 0 spiro atoms. The molecule has 2 heterocycles. The van der Waals surface area contributed by atoms with Crippen LogP contribution >= 0.6 is 11.8 Å². The number of nitrogens with one attached hydrogen (secondary N) is 1. The highest BCUT2D eigenvalue weighted by Gasteiger charge is 2.42. The van der Waals surface area contributed by atoms with Gasteiger partial charge in [-0.25, -0.2) is 9.89 Å². The van der Waals surface area contributed by atoms with Crippen molar-refractivity contribution in [3.8, 4) is 0 Å². The van der Waals surface area contributed by atoms with Crippen molar-refractivity contribution in [2.45, 2.75) is 38.5 Å². The fourth-order valence-corrected chi connectivity index (χ4v) is 4.37. The second kappa shape index (κ2) is 8.44. The van der Waals surface area contributed by atoms with Crippen LogP contribution in [0.4, 0.5) is 11.4 Å². The average molecular weight is 421 g/mol. The Hall–Kier alpha value is -2.93. The molecule has 1 N–H and O–H groups in total. The summed E-state index contributed by atoms with van der Waals surface area (Å²) in [7, 11) is 0. The van der Waals surface area contributed by atoms with E-state index in [2.05, 4.69) is 19.2 Å². The van der Waals surface area contributed by atoms with E-state index in [9.17, 15) is 9.59 Å². The minimum Gasteiger partial charge on any atom is -0.325 e. The Balaban J connectivity index is 1.60. The molecule has 7 heteroatoms. The molecule has 2 aliphatic heterocycles. The lowest BCUT2D eigenvalue weighted by Crippen LogP contribution is -2.42. The monoisotopic (exact) mass is 420 g/mol. The summed E-state index contributed by atoms with van der Waals surface area (Å²) in [4.78, 5) is 36.9. The number of aliphatic imine (C=N–C) groups is 2. The van der Waals surface area contributed by atoms with Crippen molar-refractivity contribution in [3.63, 3.8) is 0 Å². The zero-order chi connectivity index (χ0) is 21.3. The van der Waals surface area contributed by atoms with Gasteiger partial charge in [-0.15, -0.1) is 0 Å². The van der Waals surface area contributed by atoms with E-state index >= 15 is 0 Å². The van der Waals surface area contributed by atoms with Crippen LogP contribution in [0.25, 0.3) is 0 Å². The molecule has 154 valence electrons. The van der Waals surface area contributed by atoms with Crippen LogP contribution in [0.5, 0.6) is 0 Å². The van der Waals surface area contributed by atoms with E-state index in [-0.39, 0.29) is 11.8 Å². The molecule has 0 aliphatic carbocycles. The maximum atomic E-state index is 13.2. The lowest BCUT2D eigenvalue weighted by atomic mass is 10.0. The molecule has 2 atom stereocenters. The molecule has 0 saturated heterocycles. The number of anilines is 1. The SMILES string of the molecule is CC(C)C[C@H]1N=C2c3ccccc3N=C(S[C@H](C)C(=O)Nc3ccccc3)N2C1=O. The molecule has 2 aromatic carbocycles. The van der Waals surface area contributed by atoms with Crippen LogP contribution in [0.3, 0.4) is 0 Å². The number of carbonyl (C=O) groups is 2. The molecule has 2 amide bonds. The van der Waals surface area contributed by atoms with Crippen LogP contribution in [0.15, 0.2) is 64.6 Å². The van der Waals surface area contributed by atoms with Gasteiger partial charge in [-0.2, -0.15) is 0 Å². The minimum atomic E-state index is -0.438. The Bertz CT molecular complexity index is 1030. The highest BCUT2D eigenvalue weighted by atomic mass is 32.2. The summed E-state index contributed by atoms with van der Waals surface area (Å²) in [5, 5.41) is 2.97. The summed E-state index contributed by atoms with van der Waals surface area (Å²) in [6.07, 6.45) is 0.684. The Labute approximate surface area is 180 Å². The zero-order valence-corrected chi connectivity index (χ0v) is 18.0. The molecule has 30 heavy (non-hydrogen) atoms. The first-order valence-corrected chi connectivity index (χ1v) is 10.9. The molecular weight excluding hydrogens is 396 g/mol. The van der Waals surface area contributed by atoms with Gasteiger partial charge in [0.2, 0.25) is 5.91 Å². The van der Waals surface area contributed by atoms with Crippen molar-refractivity contribution in [1.82, 2.24) is 4.90 Å². The highest BCUT2D eigenvalue weighted by Crippen LogP contribution is 2.35. The smallest absolute Gasteiger partial charge is 0.259 e. The van der Waals surface area contributed by atoms with E-state index in [0.29, 0.717) is 23.3 Å². The largest absolute Gasteiger partial charge is 0.325 e. The van der Waals surface area contributed by atoms with Crippen molar-refractivity contribution in [2.24, 2.45) is 15.9 Å². The molecule has 0 fully saturated rings. The van der Waals surface area contributed by atoms with Gasteiger partial charge in [0.15, 0.2) is 5.17 Å². The summed E-state index contributed by atoms with van der Waals surface area (Å²) in [6.45, 7) is 5.98. The lowest BCUT2D eigenvalue weighted by molar-refractivity contribution is -0.125. The van der Waals surface area contributed by atoms with Gasteiger partial charge in [0.05, 0.1) is 10.9 Å². The van der Waals surface area contributed by atoms with Crippen LogP contribution in [0, 0.1) is 5.92 Å². The first-order valence-electron chi connectivity index (χ1n) is 10.1. The fraction of sp³-hybridized carbons (Fsp3) is 0.304. The van der Waals surface area contributed by atoms with Gasteiger partial charge in [0, 0.05) is 11.3 Å². The van der Waals surface area contributed by atoms with Crippen LogP contribution in [-0.2, 0) is 9.59 Å². The molecular formula is C23H24N4O2S. The van der Waals surface area contributed by atoms with Gasteiger partial charge < -0.3 is 5.32 Å². The average Bonchev–Trinajstić information content (AvgIpc) is 3.05. The van der Waals surface area contributed by atoms with Crippen LogP contribution in [-0.4, -0.2) is 39.0 Å². The topological polar surface area (TPSA) is 74.1 Å². The molecule has 0 aromatic heterocycles. The second-order valence-electron chi connectivity index (χ2n) is 7.80. The number of thioether (sulfide) groups is 1. The van der Waals surface area contributed by atoms with Gasteiger partial charge in [0.1, 0.15) is 11.9 Å². The molecule has 4 rings (SSSR count). The summed E-state index contributed by atoms with van der Waals surface area (Å²) in [5.74, 6) is 0.768. The zero-order valence-electron chi connectivity index (χ0n) is 17.2. The van der Waals surface area contributed by atoms with E-state index in [1.807, 2.05) is 61.5 Å². The molecule has 0 bridgehead atoms. The van der Waals surface area contributed by atoms with Gasteiger partial charge in [-0.05, 0) is 43.5 Å². The van der Waals surface area contributed by atoms with Crippen molar-refractivity contribution >= 4 is 46.0 Å². The maximum absolute atomic E-state index is 13.2. The number of amides is 2. The quantitative estimate of drug-likeness (QED) is 0.776. The van der Waals surface area contributed by atoms with E-state index in [4.69, 9.17) is 9.98 Å². The normalized spacial score (nSPS) is 18.5. The molecule has 0 saturated carbocycles. The minimum absolute atomic E-state index is 0.0740. The third-order valence-electron chi connectivity index (χ3n) is 4.94. The molecule has 2 aliphatic rings. The number of para-hydroxylation sites is 2. The molecule has 0 unspecified atom stereocenters. The van der Waals surface area contributed by atoms with Gasteiger partial charge in [0.25, 0.3) is 5.91 Å². The van der Waals surface area contributed by atoms with E-state index in [1.165, 1.54) is 11.8 Å². The Morgan fingerprint density at radius 1 is 1.10 bits per heavy atom. The Morgan fingerprint density at radius 3 is 2.53 bits per heavy atom. The van der Waals surface area contributed by atoms with Crippen LogP contribution < -0.4 is 5.32 Å². The predicted octanol–water partition coefficient (Wildman–Crippen LogP) is 4.45. The summed E-state index contributed by atoms with van der Waals surface area (Å²) in [6, 6.07) is 16.6. The van der Waals surface area contributed by atoms with Crippen molar-refractivity contribution < 1.29 is 9.59 Å². The van der Waals surface area contributed by atoms with Gasteiger partial charge in [-0.1, -0.05) is 55.9 Å². The summed E-state index contributed by atoms with van der Waals surface area (Å²) >= 11 is 1.27. The number of nitrogens with zero attached hydrogens (tertiary/aromatic N) is 3. The molecule has 0 radical (unpaired) electrons. The third-order valence-corrected chi connectivity index (χ3v) is 5.99. The van der Waals surface area contributed by atoms with E-state index in [1.54, 1.807) is 4.90 Å². The second-order valence-corrected chi connectivity index (χ2v) is 9.11. The maximum Gasteiger partial charge on any atom is 0.259 e. The first kappa shape index (κ1) is 20.3. The highest BCUT2D eigenvalue weighted by molar-refractivity contribution is 8.15. The molecule has 2 aromatic rings. The predicted molar refractivity (Wildman–Crippen MR) is 122 cm³/mol. The number of benzene rings is 2. The third kappa shape index (κ3) is 4.03. The van der Waals surface area contributed by atoms with Gasteiger partial charge in [-0.3, -0.25) is 14.6 Å². The summed E-state index contributed by atoms with van der Waals surface area (Å²) < 4.78 is 0. The molecule has 6 nitrogen and oxygen atoms in total. The first-order chi connectivity index (χ1) is 14.4. The Kier molecular flexibility index (Phi) is 5.72. The fourth-order valence-electron chi connectivity index (χ4n) is 3.46. The lowest BCUT2D eigenvalue weighted by Gasteiger charge is -2.27. The number of rotatable bonds is 5. The number of hydrogen-bond donors (Lipinski definition) is 1. The Morgan fingerprint density at radius 2 is 1.80 bits per heavy atom. The van der Waals surface area contributed by atoms with Crippen LogP contribution in [0.1, 0.15) is 32.8 Å². The van der Waals surface area contributed by atoms with Crippen molar-refractivity contribution in [2.75, 3.05) is 5.32 Å². The number of carbonyl (C=O) groups excluding carboxylic acids is 2. The summed E-state index contributed by atoms with van der Waals surface area (Å²) in [5.41, 5.74) is 2.36. The van der Waals surface area contributed by atoms with Crippen molar-refractivity contribution in [3.05, 3.63) is 60.2 Å². The number of amidine groups is 2. The standard InChI is InChI=1S/C23H24N4O2S/c1-14(2)13-19-22(29)27-20(25-19)17-11-7-8-12-18(17)26-23(27)30-15(3)21(28)24-16-9-5-4-6-10-16/h4-12,14-15,19H,13H2,1-3H3,(H,24,28)/t15-,19-/m1/s1. The van der Waals surface area contributed by atoms with E-state index in [0.717, 1.165) is 16.9 Å². The van der Waals surface area contributed by atoms with Crippen LogP contribution in [0.2, 0.25) is 0 Å². The van der Waals surface area contributed by atoms with E-state index < -0.39 is 11.3 Å².